The first kappa shape index (κ1) is 16.6. The molecule has 21 heavy (non-hydrogen) atoms. The predicted octanol–water partition coefficient (Wildman–Crippen LogP) is 5.36. The van der Waals surface area contributed by atoms with E-state index in [1.807, 2.05) is 6.07 Å². The zero-order chi connectivity index (χ0) is 15.1. The van der Waals surface area contributed by atoms with Crippen molar-refractivity contribution in [3.05, 3.63) is 28.8 Å². The van der Waals surface area contributed by atoms with Gasteiger partial charge in [0.05, 0.1) is 12.1 Å². The van der Waals surface area contributed by atoms with E-state index < -0.39 is 0 Å². The van der Waals surface area contributed by atoms with Gasteiger partial charge < -0.3 is 10.1 Å². The van der Waals surface area contributed by atoms with E-state index >= 15 is 0 Å². The van der Waals surface area contributed by atoms with Crippen molar-refractivity contribution in [2.45, 2.75) is 57.9 Å². The van der Waals surface area contributed by atoms with Gasteiger partial charge in [0, 0.05) is 6.04 Å². The number of ether oxygens (including phenoxy) is 1. The van der Waals surface area contributed by atoms with Crippen molar-refractivity contribution in [1.29, 1.82) is 0 Å². The summed E-state index contributed by atoms with van der Waals surface area (Å²) in [5.41, 5.74) is 1.29. The molecule has 2 rings (SSSR count). The molecule has 1 saturated carbocycles. The van der Waals surface area contributed by atoms with Gasteiger partial charge in [0.2, 0.25) is 0 Å². The van der Waals surface area contributed by atoms with Crippen LogP contribution in [0.25, 0.3) is 0 Å². The molecule has 0 bridgehead atoms. The fourth-order valence-electron chi connectivity index (χ4n) is 3.41. The lowest BCUT2D eigenvalue weighted by molar-refractivity contribution is 0.358. The highest BCUT2D eigenvalue weighted by Crippen LogP contribution is 2.34. The van der Waals surface area contributed by atoms with Crippen molar-refractivity contribution < 1.29 is 4.74 Å². The highest BCUT2D eigenvalue weighted by molar-refractivity contribution is 6.32. The molecule has 0 spiro atoms. The summed E-state index contributed by atoms with van der Waals surface area (Å²) in [6, 6.07) is 6.58. The van der Waals surface area contributed by atoms with Crippen LogP contribution in [0.3, 0.4) is 0 Å². The molecule has 118 valence electrons. The zero-order valence-electron chi connectivity index (χ0n) is 13.3. The number of halogens is 1. The fourth-order valence-corrected chi connectivity index (χ4v) is 3.60. The number of benzene rings is 1. The van der Waals surface area contributed by atoms with Crippen molar-refractivity contribution >= 4 is 11.6 Å². The van der Waals surface area contributed by atoms with Crippen LogP contribution in [0.5, 0.6) is 5.75 Å². The molecule has 0 radical (unpaired) electrons. The molecule has 1 fully saturated rings. The lowest BCUT2D eigenvalue weighted by Crippen LogP contribution is -2.23. The van der Waals surface area contributed by atoms with Gasteiger partial charge in [-0.3, -0.25) is 0 Å². The molecule has 1 aliphatic rings. The Labute approximate surface area is 134 Å². The lowest BCUT2D eigenvalue weighted by atomic mass is 9.89. The molecule has 0 aliphatic heterocycles. The molecular formula is C18H28ClNO. The van der Waals surface area contributed by atoms with E-state index in [0.717, 1.165) is 18.2 Å². The Bertz CT molecular complexity index is 427. The fraction of sp³-hybridized carbons (Fsp3) is 0.667. The quantitative estimate of drug-likeness (QED) is 0.714. The van der Waals surface area contributed by atoms with Crippen molar-refractivity contribution in [2.24, 2.45) is 5.92 Å². The number of methoxy groups -OCH3 is 1. The van der Waals surface area contributed by atoms with E-state index in [1.165, 1.54) is 50.5 Å². The maximum absolute atomic E-state index is 6.15. The summed E-state index contributed by atoms with van der Waals surface area (Å²) in [5.74, 6) is 1.62. The van der Waals surface area contributed by atoms with Crippen LogP contribution in [0.1, 0.15) is 63.5 Å². The Hall–Kier alpha value is -0.730. The standard InChI is InChI=1S/C18H28ClNO/c1-3-20-17(12-14-8-6-4-5-7-9-14)15-10-11-16(19)18(13-15)21-2/h10-11,13-14,17,20H,3-9,12H2,1-2H3. The van der Waals surface area contributed by atoms with Crippen molar-refractivity contribution in [3.63, 3.8) is 0 Å². The van der Waals surface area contributed by atoms with Gasteiger partial charge in [0.15, 0.2) is 0 Å². The molecule has 1 aromatic carbocycles. The Kier molecular flexibility index (Phi) is 6.85. The van der Waals surface area contributed by atoms with E-state index in [2.05, 4.69) is 24.4 Å². The molecule has 0 heterocycles. The Morgan fingerprint density at radius 1 is 1.24 bits per heavy atom. The molecule has 1 N–H and O–H groups in total. The smallest absolute Gasteiger partial charge is 0.137 e. The van der Waals surface area contributed by atoms with Crippen molar-refractivity contribution in [1.82, 2.24) is 5.32 Å². The lowest BCUT2D eigenvalue weighted by Gasteiger charge is -2.24. The van der Waals surface area contributed by atoms with E-state index in [9.17, 15) is 0 Å². The average Bonchev–Trinajstić information content (AvgIpc) is 2.76. The van der Waals surface area contributed by atoms with E-state index in [1.54, 1.807) is 7.11 Å². The number of hydrogen-bond donors (Lipinski definition) is 1. The summed E-state index contributed by atoms with van der Waals surface area (Å²) in [5, 5.41) is 4.32. The molecule has 1 unspecified atom stereocenters. The summed E-state index contributed by atoms with van der Waals surface area (Å²) in [6.45, 7) is 3.16. The van der Waals surface area contributed by atoms with Gasteiger partial charge in [-0.1, -0.05) is 63.1 Å². The van der Waals surface area contributed by atoms with Crippen LogP contribution >= 0.6 is 11.6 Å². The number of hydrogen-bond acceptors (Lipinski definition) is 2. The summed E-state index contributed by atoms with van der Waals surface area (Å²) in [6.07, 6.45) is 9.60. The van der Waals surface area contributed by atoms with E-state index in [4.69, 9.17) is 16.3 Å². The SMILES string of the molecule is CCNC(CC1CCCCCC1)c1ccc(Cl)c(OC)c1. The summed E-state index contributed by atoms with van der Waals surface area (Å²) >= 11 is 6.15. The van der Waals surface area contributed by atoms with Gasteiger partial charge in [0.1, 0.15) is 5.75 Å². The minimum absolute atomic E-state index is 0.407. The average molecular weight is 310 g/mol. The normalized spacial score (nSPS) is 18.2. The Balaban J connectivity index is 2.09. The van der Waals surface area contributed by atoms with Crippen LogP contribution < -0.4 is 10.1 Å². The molecule has 2 nitrogen and oxygen atoms in total. The van der Waals surface area contributed by atoms with Gasteiger partial charge in [-0.05, 0) is 36.6 Å². The van der Waals surface area contributed by atoms with Crippen LogP contribution in [0.15, 0.2) is 18.2 Å². The van der Waals surface area contributed by atoms with Crippen LogP contribution in [-0.2, 0) is 0 Å². The van der Waals surface area contributed by atoms with Gasteiger partial charge in [0.25, 0.3) is 0 Å². The molecule has 3 heteroatoms. The largest absolute Gasteiger partial charge is 0.495 e. The molecule has 0 saturated heterocycles. The first-order valence-electron chi connectivity index (χ1n) is 8.31. The third-order valence-electron chi connectivity index (χ3n) is 4.57. The first-order valence-corrected chi connectivity index (χ1v) is 8.69. The van der Waals surface area contributed by atoms with Crippen molar-refractivity contribution in [2.75, 3.05) is 13.7 Å². The third kappa shape index (κ3) is 4.89. The van der Waals surface area contributed by atoms with Gasteiger partial charge in [-0.2, -0.15) is 0 Å². The second kappa shape index (κ2) is 8.65. The maximum Gasteiger partial charge on any atom is 0.137 e. The third-order valence-corrected chi connectivity index (χ3v) is 4.88. The predicted molar refractivity (Wildman–Crippen MR) is 90.2 cm³/mol. The minimum Gasteiger partial charge on any atom is -0.495 e. The first-order chi connectivity index (χ1) is 10.2. The van der Waals surface area contributed by atoms with Gasteiger partial charge in [-0.15, -0.1) is 0 Å². The molecule has 1 atom stereocenters. The number of nitrogens with one attached hydrogen (secondary N) is 1. The second-order valence-electron chi connectivity index (χ2n) is 6.10. The summed E-state index contributed by atoms with van der Waals surface area (Å²) in [7, 11) is 1.68. The van der Waals surface area contributed by atoms with Crippen LogP contribution in [0, 0.1) is 5.92 Å². The second-order valence-corrected chi connectivity index (χ2v) is 6.50. The van der Waals surface area contributed by atoms with Crippen LogP contribution in [0.2, 0.25) is 5.02 Å². The monoisotopic (exact) mass is 309 g/mol. The van der Waals surface area contributed by atoms with Gasteiger partial charge >= 0.3 is 0 Å². The summed E-state index contributed by atoms with van der Waals surface area (Å²) in [4.78, 5) is 0. The highest BCUT2D eigenvalue weighted by Gasteiger charge is 2.19. The Morgan fingerprint density at radius 2 is 1.95 bits per heavy atom. The van der Waals surface area contributed by atoms with E-state index in [-0.39, 0.29) is 0 Å². The number of rotatable bonds is 6. The molecule has 1 aliphatic carbocycles. The molecular weight excluding hydrogens is 282 g/mol. The molecule has 1 aromatic rings. The van der Waals surface area contributed by atoms with Gasteiger partial charge in [-0.25, -0.2) is 0 Å². The highest BCUT2D eigenvalue weighted by atomic mass is 35.5. The summed E-state index contributed by atoms with van der Waals surface area (Å²) < 4.78 is 5.36. The minimum atomic E-state index is 0.407. The molecule has 0 amide bonds. The molecule has 0 aromatic heterocycles. The van der Waals surface area contributed by atoms with Crippen molar-refractivity contribution in [3.8, 4) is 5.75 Å². The maximum atomic E-state index is 6.15. The van der Waals surface area contributed by atoms with E-state index in [0.29, 0.717) is 11.1 Å². The Morgan fingerprint density at radius 3 is 2.57 bits per heavy atom. The van der Waals surface area contributed by atoms with Crippen LogP contribution in [0.4, 0.5) is 0 Å². The van der Waals surface area contributed by atoms with Crippen LogP contribution in [-0.4, -0.2) is 13.7 Å². The topological polar surface area (TPSA) is 21.3 Å². The zero-order valence-corrected chi connectivity index (χ0v) is 14.1.